The maximum absolute atomic E-state index is 12.5. The molecule has 1 heterocycles. The second-order valence-corrected chi connectivity index (χ2v) is 6.62. The molecule has 1 saturated heterocycles. The molecule has 1 amide bonds. The molecule has 21 heavy (non-hydrogen) atoms. The monoisotopic (exact) mass is 306 g/mol. The number of amides is 1. The topological polar surface area (TPSA) is 41.1 Å². The normalized spacial score (nSPS) is 33.1. The number of piperidine rings is 1. The van der Waals surface area contributed by atoms with E-state index in [9.17, 15) is 4.79 Å². The summed E-state index contributed by atoms with van der Waals surface area (Å²) in [5.74, 6) is 0.503. The fourth-order valence-electron chi connectivity index (χ4n) is 4.22. The Morgan fingerprint density at radius 1 is 1.33 bits per heavy atom. The van der Waals surface area contributed by atoms with Crippen molar-refractivity contribution >= 4 is 18.3 Å². The maximum atomic E-state index is 12.5. The van der Waals surface area contributed by atoms with Gasteiger partial charge < -0.3 is 10.6 Å². The number of benzene rings is 1. The van der Waals surface area contributed by atoms with Gasteiger partial charge in [-0.1, -0.05) is 24.3 Å². The molecule has 1 aromatic rings. The van der Waals surface area contributed by atoms with Crippen molar-refractivity contribution in [1.29, 1.82) is 0 Å². The molecule has 0 radical (unpaired) electrons. The predicted molar refractivity (Wildman–Crippen MR) is 85.8 cm³/mol. The van der Waals surface area contributed by atoms with Crippen molar-refractivity contribution in [3.8, 4) is 0 Å². The highest BCUT2D eigenvalue weighted by molar-refractivity contribution is 5.85. The highest BCUT2D eigenvalue weighted by atomic mass is 35.5. The van der Waals surface area contributed by atoms with Gasteiger partial charge in [-0.05, 0) is 49.8 Å². The van der Waals surface area contributed by atoms with Gasteiger partial charge in [0.05, 0.1) is 0 Å². The number of nitrogens with one attached hydrogen (secondary N) is 2. The Bertz CT molecular complexity index is 541. The minimum absolute atomic E-state index is 0. The van der Waals surface area contributed by atoms with Crippen molar-refractivity contribution < 1.29 is 4.79 Å². The first-order valence-corrected chi connectivity index (χ1v) is 7.89. The number of hydrogen-bond acceptors (Lipinski definition) is 2. The quantitative estimate of drug-likeness (QED) is 0.879. The van der Waals surface area contributed by atoms with E-state index in [4.69, 9.17) is 0 Å². The van der Waals surface area contributed by atoms with Crippen molar-refractivity contribution in [2.24, 2.45) is 5.92 Å². The number of halogens is 1. The average Bonchev–Trinajstić information content (AvgIpc) is 3.11. The molecule has 3 atom stereocenters. The molecule has 114 valence electrons. The van der Waals surface area contributed by atoms with Gasteiger partial charge in [0.15, 0.2) is 0 Å². The number of rotatable bonds is 2. The van der Waals surface area contributed by atoms with Crippen LogP contribution in [0.5, 0.6) is 0 Å². The van der Waals surface area contributed by atoms with Crippen LogP contribution in [0.2, 0.25) is 0 Å². The molecule has 1 aliphatic heterocycles. The van der Waals surface area contributed by atoms with Crippen LogP contribution in [0.15, 0.2) is 24.3 Å². The van der Waals surface area contributed by atoms with E-state index >= 15 is 0 Å². The maximum Gasteiger partial charge on any atom is 0.224 e. The third-order valence-corrected chi connectivity index (χ3v) is 5.43. The van der Waals surface area contributed by atoms with E-state index in [1.807, 2.05) is 0 Å². The number of hydrogen-bond donors (Lipinski definition) is 2. The van der Waals surface area contributed by atoms with Crippen LogP contribution in [-0.4, -0.2) is 25.0 Å². The Morgan fingerprint density at radius 3 is 3.00 bits per heavy atom. The van der Waals surface area contributed by atoms with E-state index in [2.05, 4.69) is 34.9 Å². The summed E-state index contributed by atoms with van der Waals surface area (Å²) in [6.45, 7) is 2.02. The van der Waals surface area contributed by atoms with Gasteiger partial charge in [0.25, 0.3) is 0 Å². The molecule has 4 rings (SSSR count). The van der Waals surface area contributed by atoms with Crippen LogP contribution in [0.25, 0.3) is 0 Å². The van der Waals surface area contributed by atoms with E-state index in [1.54, 1.807) is 0 Å². The van der Waals surface area contributed by atoms with Crippen LogP contribution >= 0.6 is 12.4 Å². The summed E-state index contributed by atoms with van der Waals surface area (Å²) in [6.07, 6.45) is 5.65. The lowest BCUT2D eigenvalue weighted by molar-refractivity contribution is -0.123. The molecule has 3 aliphatic rings. The lowest BCUT2D eigenvalue weighted by Crippen LogP contribution is -2.46. The third-order valence-electron chi connectivity index (χ3n) is 5.43. The molecule has 4 heteroatoms. The van der Waals surface area contributed by atoms with Crippen molar-refractivity contribution in [2.45, 2.75) is 43.6 Å². The van der Waals surface area contributed by atoms with Gasteiger partial charge in [-0.2, -0.15) is 0 Å². The molecule has 0 bridgehead atoms. The summed E-state index contributed by atoms with van der Waals surface area (Å²) in [5, 5.41) is 6.62. The van der Waals surface area contributed by atoms with E-state index < -0.39 is 0 Å². The van der Waals surface area contributed by atoms with Gasteiger partial charge >= 0.3 is 0 Å². The molecule has 2 unspecified atom stereocenters. The van der Waals surface area contributed by atoms with Crippen LogP contribution in [0.1, 0.15) is 36.8 Å². The van der Waals surface area contributed by atoms with Gasteiger partial charge in [0, 0.05) is 23.9 Å². The molecule has 2 N–H and O–H groups in total. The second kappa shape index (κ2) is 5.62. The predicted octanol–water partition coefficient (Wildman–Crippen LogP) is 2.18. The van der Waals surface area contributed by atoms with E-state index in [0.717, 1.165) is 38.8 Å². The minimum atomic E-state index is 0. The first kappa shape index (κ1) is 14.9. The molecule has 2 fully saturated rings. The molecule has 3 nitrogen and oxygen atoms in total. The highest BCUT2D eigenvalue weighted by Gasteiger charge is 2.61. The fourth-order valence-corrected chi connectivity index (χ4v) is 4.22. The van der Waals surface area contributed by atoms with E-state index in [1.165, 1.54) is 17.5 Å². The average molecular weight is 307 g/mol. The fraction of sp³-hybridized carbons (Fsp3) is 0.588. The summed E-state index contributed by atoms with van der Waals surface area (Å²) in [5.41, 5.74) is 3.09. The largest absolute Gasteiger partial charge is 0.352 e. The van der Waals surface area contributed by atoms with Crippen LogP contribution in [0.4, 0.5) is 0 Å². The molecular formula is C17H23ClN2O. The zero-order chi connectivity index (χ0) is 13.6. The van der Waals surface area contributed by atoms with E-state index in [0.29, 0.717) is 6.04 Å². The van der Waals surface area contributed by atoms with Gasteiger partial charge in [-0.3, -0.25) is 4.79 Å². The Labute approximate surface area is 132 Å². The summed E-state index contributed by atoms with van der Waals surface area (Å²) in [7, 11) is 0. The Morgan fingerprint density at radius 2 is 2.19 bits per heavy atom. The Balaban J connectivity index is 0.00000132. The van der Waals surface area contributed by atoms with Gasteiger partial charge in [0.1, 0.15) is 0 Å². The molecule has 1 spiro atoms. The standard InChI is InChI=1S/C17H22N2O.ClH/c20-16(19-13-5-3-9-18-11-13)15-10-17(15)8-7-12-4-1-2-6-14(12)17;/h1-2,4,6,13,15,18H,3,5,7-11H2,(H,19,20);1H/t13-,15?,17?;/m0./s1. The van der Waals surface area contributed by atoms with Gasteiger partial charge in [-0.25, -0.2) is 0 Å². The van der Waals surface area contributed by atoms with Crippen molar-refractivity contribution in [1.82, 2.24) is 10.6 Å². The molecular weight excluding hydrogens is 284 g/mol. The summed E-state index contributed by atoms with van der Waals surface area (Å²) in [4.78, 5) is 12.5. The van der Waals surface area contributed by atoms with Crippen LogP contribution in [-0.2, 0) is 16.6 Å². The number of carbonyl (C=O) groups is 1. The highest BCUT2D eigenvalue weighted by Crippen LogP contribution is 2.61. The molecule has 1 aromatic carbocycles. The summed E-state index contributed by atoms with van der Waals surface area (Å²) >= 11 is 0. The van der Waals surface area contributed by atoms with Crippen molar-refractivity contribution in [2.75, 3.05) is 13.1 Å². The minimum Gasteiger partial charge on any atom is -0.352 e. The van der Waals surface area contributed by atoms with E-state index in [-0.39, 0.29) is 29.6 Å². The zero-order valence-corrected chi connectivity index (χ0v) is 13.0. The molecule has 0 aromatic heterocycles. The molecule has 2 aliphatic carbocycles. The van der Waals surface area contributed by atoms with Crippen molar-refractivity contribution in [3.05, 3.63) is 35.4 Å². The number of fused-ring (bicyclic) bond motifs is 2. The zero-order valence-electron chi connectivity index (χ0n) is 12.2. The lowest BCUT2D eigenvalue weighted by Gasteiger charge is -2.24. The Hall–Kier alpha value is -1.06. The summed E-state index contributed by atoms with van der Waals surface area (Å²) < 4.78 is 0. The van der Waals surface area contributed by atoms with Crippen LogP contribution in [0, 0.1) is 5.92 Å². The van der Waals surface area contributed by atoms with Crippen LogP contribution < -0.4 is 10.6 Å². The van der Waals surface area contributed by atoms with Crippen LogP contribution in [0.3, 0.4) is 0 Å². The SMILES string of the molecule is Cl.O=C(N[C@H]1CCCNC1)C1CC12CCc1ccccc12. The van der Waals surface area contributed by atoms with Crippen molar-refractivity contribution in [3.63, 3.8) is 0 Å². The van der Waals surface area contributed by atoms with Gasteiger partial charge in [0.2, 0.25) is 5.91 Å². The first-order valence-electron chi connectivity index (χ1n) is 7.89. The third kappa shape index (κ3) is 2.47. The second-order valence-electron chi connectivity index (χ2n) is 6.62. The number of carbonyl (C=O) groups excluding carboxylic acids is 1. The smallest absolute Gasteiger partial charge is 0.224 e. The number of aryl methyl sites for hydroxylation is 1. The first-order chi connectivity index (χ1) is 9.79. The lowest BCUT2D eigenvalue weighted by atomic mass is 9.95. The Kier molecular flexibility index (Phi) is 3.98. The van der Waals surface area contributed by atoms with Gasteiger partial charge in [-0.15, -0.1) is 12.4 Å². The molecule has 1 saturated carbocycles. The summed E-state index contributed by atoms with van der Waals surface area (Å²) in [6, 6.07) is 9.03.